The minimum atomic E-state index is -1.01. The Kier molecular flexibility index (Phi) is 9.90. The molecule has 34 heavy (non-hydrogen) atoms. The summed E-state index contributed by atoms with van der Waals surface area (Å²) in [4.78, 5) is 51.3. The molecule has 0 bridgehead atoms. The van der Waals surface area contributed by atoms with E-state index < -0.39 is 41.2 Å². The zero-order chi connectivity index (χ0) is 25.5. The number of Topliss-reactive ketones (excluding diaryl/α,β-unsaturated/α-hetero) is 2. The van der Waals surface area contributed by atoms with Crippen molar-refractivity contribution in [3.05, 3.63) is 17.5 Å². The molecule has 4 atom stereocenters. The summed E-state index contributed by atoms with van der Waals surface area (Å²) < 4.78 is 20.4. The Morgan fingerprint density at radius 2 is 1.76 bits per heavy atom. The molecule has 1 aromatic heterocycles. The molecule has 11 heteroatoms. The number of ether oxygens (including phenoxy) is 3. The van der Waals surface area contributed by atoms with E-state index in [0.717, 1.165) is 0 Å². The van der Waals surface area contributed by atoms with Crippen molar-refractivity contribution in [2.45, 2.75) is 58.2 Å². The molecule has 0 aromatic carbocycles. The van der Waals surface area contributed by atoms with Gasteiger partial charge in [0.05, 0.1) is 31.8 Å². The van der Waals surface area contributed by atoms with E-state index in [9.17, 15) is 19.2 Å². The first-order valence-corrected chi connectivity index (χ1v) is 11.2. The predicted molar refractivity (Wildman–Crippen MR) is 120 cm³/mol. The van der Waals surface area contributed by atoms with Gasteiger partial charge in [-0.25, -0.2) is 0 Å². The molecule has 0 radical (unpaired) electrons. The summed E-state index contributed by atoms with van der Waals surface area (Å²) in [6, 6.07) is -0.297. The maximum Gasteiger partial charge on any atom is 0.274 e. The van der Waals surface area contributed by atoms with Crippen molar-refractivity contribution in [3.8, 4) is 0 Å². The summed E-state index contributed by atoms with van der Waals surface area (Å²) in [6.45, 7) is 7.43. The molecule has 2 N–H and O–H groups in total. The molecule has 190 valence electrons. The molecule has 0 unspecified atom stereocenters. The second-order valence-electron chi connectivity index (χ2n) is 9.20. The molecule has 2 rings (SSSR count). The standard InChI is InChI=1S/C23H35N3O8/c1-13(2)7-16(20(28)23(4)12-33-23)24-21(29)15(10-31-5)9-19(27)18(11-32-6)25-22(30)17-8-14(3)34-26-17/h8,13,15-16,18H,7,9-12H2,1-6H3,(H,24,29)(H,25,30)/t15-,16-,18-,23+/m0/s1. The van der Waals surface area contributed by atoms with E-state index >= 15 is 0 Å². The van der Waals surface area contributed by atoms with Gasteiger partial charge in [0.15, 0.2) is 17.3 Å². The fourth-order valence-corrected chi connectivity index (χ4v) is 3.51. The van der Waals surface area contributed by atoms with Gasteiger partial charge in [-0.3, -0.25) is 19.2 Å². The van der Waals surface area contributed by atoms with Gasteiger partial charge < -0.3 is 29.4 Å². The maximum absolute atomic E-state index is 13.1. The van der Waals surface area contributed by atoms with E-state index in [1.165, 1.54) is 20.3 Å². The minimum Gasteiger partial charge on any atom is -0.384 e. The first-order chi connectivity index (χ1) is 16.0. The highest BCUT2D eigenvalue weighted by Gasteiger charge is 2.50. The first kappa shape index (κ1) is 27.6. The number of nitrogens with zero attached hydrogens (tertiary/aromatic N) is 1. The van der Waals surface area contributed by atoms with Gasteiger partial charge in [-0.2, -0.15) is 0 Å². The van der Waals surface area contributed by atoms with Crippen LogP contribution in [0.5, 0.6) is 0 Å². The smallest absolute Gasteiger partial charge is 0.274 e. The molecule has 0 spiro atoms. The van der Waals surface area contributed by atoms with Crippen LogP contribution < -0.4 is 10.6 Å². The lowest BCUT2D eigenvalue weighted by Gasteiger charge is -2.25. The fourth-order valence-electron chi connectivity index (χ4n) is 3.51. The van der Waals surface area contributed by atoms with Crippen molar-refractivity contribution in [1.82, 2.24) is 15.8 Å². The number of aryl methyl sites for hydroxylation is 1. The topological polar surface area (TPSA) is 149 Å². The molecule has 1 saturated heterocycles. The minimum absolute atomic E-state index is 0.0309. The normalized spacial score (nSPS) is 19.9. The zero-order valence-electron chi connectivity index (χ0n) is 20.6. The first-order valence-electron chi connectivity index (χ1n) is 11.2. The lowest BCUT2D eigenvalue weighted by molar-refractivity contribution is -0.135. The zero-order valence-corrected chi connectivity index (χ0v) is 20.6. The van der Waals surface area contributed by atoms with Crippen LogP contribution in [0.3, 0.4) is 0 Å². The highest BCUT2D eigenvalue weighted by atomic mass is 16.6. The van der Waals surface area contributed by atoms with Crippen LogP contribution in [0.2, 0.25) is 0 Å². The Balaban J connectivity index is 2.08. The van der Waals surface area contributed by atoms with Gasteiger partial charge in [-0.05, 0) is 26.2 Å². The van der Waals surface area contributed by atoms with Gasteiger partial charge in [-0.15, -0.1) is 0 Å². The average Bonchev–Trinajstić information content (AvgIpc) is 3.37. The Bertz CT molecular complexity index is 877. The Morgan fingerprint density at radius 1 is 1.12 bits per heavy atom. The molecular formula is C23H35N3O8. The molecule has 2 amide bonds. The third-order valence-corrected chi connectivity index (χ3v) is 5.51. The van der Waals surface area contributed by atoms with Crippen LogP contribution in [-0.4, -0.2) is 80.3 Å². The third-order valence-electron chi connectivity index (χ3n) is 5.51. The second kappa shape index (κ2) is 12.2. The Labute approximate surface area is 199 Å². The summed E-state index contributed by atoms with van der Waals surface area (Å²) in [5.41, 5.74) is -0.851. The second-order valence-corrected chi connectivity index (χ2v) is 9.20. The van der Waals surface area contributed by atoms with Crippen molar-refractivity contribution in [1.29, 1.82) is 0 Å². The molecule has 1 fully saturated rings. The predicted octanol–water partition coefficient (Wildman–Crippen LogP) is 0.839. The van der Waals surface area contributed by atoms with Crippen LogP contribution in [0.25, 0.3) is 0 Å². The SMILES string of the molecule is COC[C@H](CC(=O)[C@H](COC)NC(=O)c1cc(C)on1)C(=O)N[C@@H](CC(C)C)C(=O)[C@@]1(C)CO1. The highest BCUT2D eigenvalue weighted by molar-refractivity contribution is 5.99. The van der Waals surface area contributed by atoms with Crippen LogP contribution >= 0.6 is 0 Å². The van der Waals surface area contributed by atoms with Gasteiger partial charge in [0.2, 0.25) is 5.91 Å². The molecule has 1 aliphatic rings. The van der Waals surface area contributed by atoms with Crippen molar-refractivity contribution in [3.63, 3.8) is 0 Å². The number of hydrogen-bond acceptors (Lipinski definition) is 9. The number of nitrogens with one attached hydrogen (secondary N) is 2. The molecule has 0 saturated carbocycles. The van der Waals surface area contributed by atoms with Gasteiger partial charge in [0.1, 0.15) is 17.4 Å². The number of epoxide rings is 1. The van der Waals surface area contributed by atoms with E-state index in [1.807, 2.05) is 13.8 Å². The van der Waals surface area contributed by atoms with E-state index in [-0.39, 0.29) is 37.0 Å². The van der Waals surface area contributed by atoms with Crippen LogP contribution in [0.4, 0.5) is 0 Å². The molecule has 0 aliphatic carbocycles. The lowest BCUT2D eigenvalue weighted by atomic mass is 9.92. The molecule has 1 aliphatic heterocycles. The van der Waals surface area contributed by atoms with Crippen LogP contribution in [0, 0.1) is 18.8 Å². The largest absolute Gasteiger partial charge is 0.384 e. The number of carbonyl (C=O) groups excluding carboxylic acids is 4. The number of carbonyl (C=O) groups is 4. The van der Waals surface area contributed by atoms with Gasteiger partial charge in [-0.1, -0.05) is 19.0 Å². The number of ketones is 2. The summed E-state index contributed by atoms with van der Waals surface area (Å²) >= 11 is 0. The van der Waals surface area contributed by atoms with E-state index in [0.29, 0.717) is 18.8 Å². The molecule has 1 aromatic rings. The van der Waals surface area contributed by atoms with Crippen LogP contribution in [0.1, 0.15) is 49.9 Å². The van der Waals surface area contributed by atoms with E-state index in [2.05, 4.69) is 15.8 Å². The average molecular weight is 482 g/mol. The lowest BCUT2D eigenvalue weighted by Crippen LogP contribution is -2.50. The monoisotopic (exact) mass is 481 g/mol. The van der Waals surface area contributed by atoms with Gasteiger partial charge >= 0.3 is 0 Å². The van der Waals surface area contributed by atoms with Crippen LogP contribution in [-0.2, 0) is 28.6 Å². The number of methoxy groups -OCH3 is 2. The van der Waals surface area contributed by atoms with E-state index in [1.54, 1.807) is 13.8 Å². The Hall–Kier alpha value is -2.63. The van der Waals surface area contributed by atoms with Crippen molar-refractivity contribution < 1.29 is 37.9 Å². The number of aromatic nitrogens is 1. The number of amides is 2. The maximum atomic E-state index is 13.1. The van der Waals surface area contributed by atoms with Crippen molar-refractivity contribution in [2.24, 2.45) is 11.8 Å². The Morgan fingerprint density at radius 3 is 2.26 bits per heavy atom. The summed E-state index contributed by atoms with van der Waals surface area (Å²) in [5, 5.41) is 8.99. The quantitative estimate of drug-likeness (QED) is 0.347. The summed E-state index contributed by atoms with van der Waals surface area (Å²) in [6.07, 6.45) is 0.221. The number of rotatable bonds is 15. The number of hydrogen-bond donors (Lipinski definition) is 2. The fraction of sp³-hybridized carbons (Fsp3) is 0.696. The molecule has 11 nitrogen and oxygen atoms in total. The molecular weight excluding hydrogens is 446 g/mol. The van der Waals surface area contributed by atoms with Crippen molar-refractivity contribution in [2.75, 3.05) is 34.0 Å². The van der Waals surface area contributed by atoms with E-state index in [4.69, 9.17) is 18.7 Å². The van der Waals surface area contributed by atoms with Crippen molar-refractivity contribution >= 4 is 23.4 Å². The van der Waals surface area contributed by atoms with Gasteiger partial charge in [0.25, 0.3) is 5.91 Å². The van der Waals surface area contributed by atoms with Gasteiger partial charge in [0, 0.05) is 26.7 Å². The summed E-state index contributed by atoms with van der Waals surface area (Å²) in [5.74, 6) is -1.94. The molecule has 2 heterocycles. The van der Waals surface area contributed by atoms with Crippen LogP contribution in [0.15, 0.2) is 10.6 Å². The highest BCUT2D eigenvalue weighted by Crippen LogP contribution is 2.29. The summed E-state index contributed by atoms with van der Waals surface area (Å²) in [7, 11) is 2.82. The third kappa shape index (κ3) is 7.71.